The molecular formula is C12H25NO2. The predicted octanol–water partition coefficient (Wildman–Crippen LogP) is 2.09. The van der Waals surface area contributed by atoms with Crippen LogP contribution in [0.2, 0.25) is 0 Å². The number of ether oxygens (including phenoxy) is 2. The molecule has 1 rings (SSSR count). The van der Waals surface area contributed by atoms with Gasteiger partial charge in [-0.15, -0.1) is 0 Å². The van der Waals surface area contributed by atoms with Crippen molar-refractivity contribution >= 4 is 0 Å². The molecule has 3 heteroatoms. The second kappa shape index (κ2) is 7.20. The summed E-state index contributed by atoms with van der Waals surface area (Å²) in [6.07, 6.45) is 7.75. The zero-order valence-corrected chi connectivity index (χ0v) is 10.1. The lowest BCUT2D eigenvalue weighted by Crippen LogP contribution is -2.40. The maximum Gasteiger partial charge on any atom is 0.0784 e. The van der Waals surface area contributed by atoms with Gasteiger partial charge >= 0.3 is 0 Å². The van der Waals surface area contributed by atoms with E-state index in [1.54, 1.807) is 7.11 Å². The van der Waals surface area contributed by atoms with Gasteiger partial charge in [-0.3, -0.25) is 0 Å². The summed E-state index contributed by atoms with van der Waals surface area (Å²) in [5.41, 5.74) is 6.13. The van der Waals surface area contributed by atoms with Gasteiger partial charge in [-0.2, -0.15) is 0 Å². The summed E-state index contributed by atoms with van der Waals surface area (Å²) in [6, 6.07) is 0.213. The number of hydrogen-bond donors (Lipinski definition) is 1. The van der Waals surface area contributed by atoms with Crippen LogP contribution in [0.3, 0.4) is 0 Å². The van der Waals surface area contributed by atoms with E-state index in [0.717, 1.165) is 12.8 Å². The Bertz CT molecular complexity index is 164. The van der Waals surface area contributed by atoms with E-state index >= 15 is 0 Å². The quantitative estimate of drug-likeness (QED) is 0.781. The molecule has 0 aromatic rings. The van der Waals surface area contributed by atoms with Crippen LogP contribution >= 0.6 is 0 Å². The number of nitrogens with two attached hydrogens (primary N) is 1. The molecule has 0 spiro atoms. The van der Waals surface area contributed by atoms with Crippen LogP contribution in [0.25, 0.3) is 0 Å². The van der Waals surface area contributed by atoms with E-state index in [9.17, 15) is 0 Å². The minimum atomic E-state index is 0.158. The molecular weight excluding hydrogens is 190 g/mol. The summed E-state index contributed by atoms with van der Waals surface area (Å²) in [5, 5.41) is 0. The first-order chi connectivity index (χ1) is 7.24. The van der Waals surface area contributed by atoms with Crippen LogP contribution in [0.4, 0.5) is 0 Å². The molecule has 0 aliphatic heterocycles. The van der Waals surface area contributed by atoms with Gasteiger partial charge in [0.25, 0.3) is 0 Å². The van der Waals surface area contributed by atoms with Crippen molar-refractivity contribution in [2.45, 2.75) is 63.7 Å². The van der Waals surface area contributed by atoms with Crippen molar-refractivity contribution < 1.29 is 9.47 Å². The van der Waals surface area contributed by atoms with Gasteiger partial charge in [-0.1, -0.05) is 25.7 Å². The molecule has 3 atom stereocenters. The number of methoxy groups -OCH3 is 1. The Labute approximate surface area is 93.3 Å². The van der Waals surface area contributed by atoms with Crippen molar-refractivity contribution in [1.29, 1.82) is 0 Å². The zero-order valence-electron chi connectivity index (χ0n) is 10.1. The maximum absolute atomic E-state index is 6.13. The normalized spacial score (nSPS) is 30.6. The van der Waals surface area contributed by atoms with E-state index in [1.165, 1.54) is 25.7 Å². The average molecular weight is 215 g/mol. The molecule has 3 unspecified atom stereocenters. The third-order valence-electron chi connectivity index (χ3n) is 3.06. The van der Waals surface area contributed by atoms with Crippen molar-refractivity contribution in [3.8, 4) is 0 Å². The lowest BCUT2D eigenvalue weighted by molar-refractivity contribution is -0.0549. The van der Waals surface area contributed by atoms with Gasteiger partial charge < -0.3 is 15.2 Å². The van der Waals surface area contributed by atoms with Crippen molar-refractivity contribution in [1.82, 2.24) is 0 Å². The zero-order chi connectivity index (χ0) is 11.1. The first-order valence-corrected chi connectivity index (χ1v) is 6.14. The molecule has 0 radical (unpaired) electrons. The van der Waals surface area contributed by atoms with Crippen molar-refractivity contribution in [2.24, 2.45) is 5.73 Å². The molecule has 0 amide bonds. The highest BCUT2D eigenvalue weighted by Gasteiger charge is 2.21. The third-order valence-corrected chi connectivity index (χ3v) is 3.06. The van der Waals surface area contributed by atoms with Gasteiger partial charge in [0.05, 0.1) is 18.8 Å². The number of hydrogen-bond acceptors (Lipinski definition) is 3. The lowest BCUT2D eigenvalue weighted by atomic mass is 9.94. The smallest absolute Gasteiger partial charge is 0.0784 e. The molecule has 2 N–H and O–H groups in total. The van der Waals surface area contributed by atoms with Crippen molar-refractivity contribution in [3.05, 3.63) is 0 Å². The summed E-state index contributed by atoms with van der Waals surface area (Å²) in [6.45, 7) is 2.71. The first-order valence-electron chi connectivity index (χ1n) is 6.14. The van der Waals surface area contributed by atoms with Gasteiger partial charge in [0, 0.05) is 13.2 Å². The van der Waals surface area contributed by atoms with Crippen molar-refractivity contribution in [3.63, 3.8) is 0 Å². The highest BCUT2D eigenvalue weighted by Crippen LogP contribution is 2.20. The standard InChI is InChI=1S/C12H25NO2/c1-10(9-14-2)15-12-8-6-4-3-5-7-11(12)13/h10-12H,3-9,13H2,1-2H3. The molecule has 0 heterocycles. The molecule has 1 aliphatic carbocycles. The molecule has 90 valence electrons. The maximum atomic E-state index is 6.13. The van der Waals surface area contributed by atoms with E-state index in [-0.39, 0.29) is 18.2 Å². The second-order valence-electron chi connectivity index (χ2n) is 4.60. The van der Waals surface area contributed by atoms with E-state index < -0.39 is 0 Å². The highest BCUT2D eigenvalue weighted by molar-refractivity contribution is 4.76. The van der Waals surface area contributed by atoms with Gasteiger partial charge in [-0.05, 0) is 19.8 Å². The molecule has 15 heavy (non-hydrogen) atoms. The summed E-state index contributed by atoms with van der Waals surface area (Å²) >= 11 is 0. The molecule has 1 aliphatic rings. The van der Waals surface area contributed by atoms with Gasteiger partial charge in [-0.25, -0.2) is 0 Å². The third kappa shape index (κ3) is 4.96. The molecule has 0 aromatic heterocycles. The fourth-order valence-electron chi connectivity index (χ4n) is 2.22. The molecule has 1 fully saturated rings. The van der Waals surface area contributed by atoms with Crippen LogP contribution in [0.1, 0.15) is 45.4 Å². The second-order valence-corrected chi connectivity index (χ2v) is 4.60. The van der Waals surface area contributed by atoms with Crippen LogP contribution in [0.15, 0.2) is 0 Å². The van der Waals surface area contributed by atoms with E-state index in [0.29, 0.717) is 6.61 Å². The monoisotopic (exact) mass is 215 g/mol. The SMILES string of the molecule is COCC(C)OC1CCCCCCC1N. The fourth-order valence-corrected chi connectivity index (χ4v) is 2.22. The molecule has 3 nitrogen and oxygen atoms in total. The van der Waals surface area contributed by atoms with E-state index in [2.05, 4.69) is 6.92 Å². The van der Waals surface area contributed by atoms with Gasteiger partial charge in [0.2, 0.25) is 0 Å². The van der Waals surface area contributed by atoms with Crippen LogP contribution in [0.5, 0.6) is 0 Å². The molecule has 0 saturated heterocycles. The van der Waals surface area contributed by atoms with Gasteiger partial charge in [0.1, 0.15) is 0 Å². The van der Waals surface area contributed by atoms with Gasteiger partial charge in [0.15, 0.2) is 0 Å². The molecule has 0 bridgehead atoms. The summed E-state index contributed by atoms with van der Waals surface area (Å²) < 4.78 is 11.0. The van der Waals surface area contributed by atoms with Crippen molar-refractivity contribution in [2.75, 3.05) is 13.7 Å². The Morgan fingerprint density at radius 2 is 1.87 bits per heavy atom. The predicted molar refractivity (Wildman–Crippen MR) is 61.9 cm³/mol. The molecule has 0 aromatic carbocycles. The van der Waals surface area contributed by atoms with Crippen LogP contribution in [0, 0.1) is 0 Å². The number of rotatable bonds is 4. The Balaban J connectivity index is 2.34. The average Bonchev–Trinajstić information content (AvgIpc) is 2.18. The Morgan fingerprint density at radius 3 is 2.53 bits per heavy atom. The Hall–Kier alpha value is -0.120. The fraction of sp³-hybridized carbons (Fsp3) is 1.00. The summed E-state index contributed by atoms with van der Waals surface area (Å²) in [4.78, 5) is 0. The largest absolute Gasteiger partial charge is 0.382 e. The minimum Gasteiger partial charge on any atom is -0.382 e. The molecule has 1 saturated carbocycles. The lowest BCUT2D eigenvalue weighted by Gasteiger charge is -2.29. The Kier molecular flexibility index (Phi) is 6.22. The van der Waals surface area contributed by atoms with Crippen LogP contribution in [-0.2, 0) is 9.47 Å². The Morgan fingerprint density at radius 1 is 1.20 bits per heavy atom. The topological polar surface area (TPSA) is 44.5 Å². The van der Waals surface area contributed by atoms with Crippen LogP contribution in [-0.4, -0.2) is 32.0 Å². The minimum absolute atomic E-state index is 0.158. The summed E-state index contributed by atoms with van der Waals surface area (Å²) in [5.74, 6) is 0. The first kappa shape index (κ1) is 12.9. The van der Waals surface area contributed by atoms with Crippen LogP contribution < -0.4 is 5.73 Å². The summed E-state index contributed by atoms with van der Waals surface area (Å²) in [7, 11) is 1.71. The van der Waals surface area contributed by atoms with E-state index in [1.807, 2.05) is 0 Å². The highest BCUT2D eigenvalue weighted by atomic mass is 16.5. The van der Waals surface area contributed by atoms with E-state index in [4.69, 9.17) is 15.2 Å².